The molecule has 0 aromatic heterocycles. The summed E-state index contributed by atoms with van der Waals surface area (Å²) in [4.78, 5) is 75.0. The van der Waals surface area contributed by atoms with Crippen molar-refractivity contribution in [3.63, 3.8) is 0 Å². The first kappa shape index (κ1) is 57.9. The van der Waals surface area contributed by atoms with E-state index in [-0.39, 0.29) is 29.2 Å². The van der Waals surface area contributed by atoms with Crippen LogP contribution in [0.1, 0.15) is 142 Å². The topological polar surface area (TPSA) is 185 Å². The minimum Gasteiger partial charge on any atom is -0.452 e. The molecule has 62 heavy (non-hydrogen) atoms. The lowest BCUT2D eigenvalue weighted by Gasteiger charge is -2.45. The summed E-state index contributed by atoms with van der Waals surface area (Å²) >= 11 is 0. The van der Waals surface area contributed by atoms with Crippen LogP contribution in [-0.2, 0) is 57.2 Å². The van der Waals surface area contributed by atoms with Crippen LogP contribution in [0.25, 0.3) is 0 Å². The molecule has 2 N–H and O–H groups in total. The van der Waals surface area contributed by atoms with E-state index in [0.29, 0.717) is 65.0 Å². The molecule has 0 aliphatic heterocycles. The second kappa shape index (κ2) is 25.3. The third kappa shape index (κ3) is 22.8. The lowest BCUT2D eigenvalue weighted by atomic mass is 9.69. The zero-order valence-corrected chi connectivity index (χ0v) is 40.9. The van der Waals surface area contributed by atoms with Crippen molar-refractivity contribution in [2.75, 3.05) is 53.3 Å². The number of likely N-dealkylation sites (N-methyl/N-ethyl adjacent to an activating group) is 1. The molecule has 3 amide bonds. The Hall–Kier alpha value is -4.08. The predicted octanol–water partition coefficient (Wildman–Crippen LogP) is 6.71. The molecule has 0 aliphatic rings. The summed E-state index contributed by atoms with van der Waals surface area (Å²) < 4.78 is 34.8. The van der Waals surface area contributed by atoms with Crippen molar-refractivity contribution in [2.24, 2.45) is 5.41 Å². The first-order valence-corrected chi connectivity index (χ1v) is 21.5. The van der Waals surface area contributed by atoms with Crippen molar-refractivity contribution in [3.8, 4) is 0 Å². The smallest absolute Gasteiger partial charge is 0.333 e. The molecule has 0 fully saturated rings. The summed E-state index contributed by atoms with van der Waals surface area (Å²) in [5, 5.41) is 5.83. The Morgan fingerprint density at radius 1 is 0.565 bits per heavy atom. The monoisotopic (exact) mass is 880 g/mol. The van der Waals surface area contributed by atoms with Gasteiger partial charge in [-0.2, -0.15) is 0 Å². The summed E-state index contributed by atoms with van der Waals surface area (Å²) in [5.74, 6) is -3.08. The van der Waals surface area contributed by atoms with Crippen LogP contribution in [-0.4, -0.2) is 122 Å². The van der Waals surface area contributed by atoms with Crippen LogP contribution >= 0.6 is 0 Å². The normalized spacial score (nSPS) is 14.0. The van der Waals surface area contributed by atoms with Gasteiger partial charge in [0.1, 0.15) is 0 Å². The molecule has 0 heterocycles. The number of hydrogen-bond donors (Lipinski definition) is 2. The van der Waals surface area contributed by atoms with Gasteiger partial charge >= 0.3 is 17.9 Å². The van der Waals surface area contributed by atoms with Gasteiger partial charge in [-0.25, -0.2) is 14.4 Å². The van der Waals surface area contributed by atoms with Gasteiger partial charge in [-0.1, -0.05) is 33.6 Å². The fraction of sp³-hybridized carbons (Fsp3) is 0.745. The van der Waals surface area contributed by atoms with Crippen LogP contribution in [0.2, 0.25) is 0 Å². The quantitative estimate of drug-likeness (QED) is 0.0325. The fourth-order valence-corrected chi connectivity index (χ4v) is 6.60. The van der Waals surface area contributed by atoms with Crippen molar-refractivity contribution < 1.29 is 57.2 Å². The molecule has 0 saturated heterocycles. The summed E-state index contributed by atoms with van der Waals surface area (Å²) in [7, 11) is 1.68. The van der Waals surface area contributed by atoms with Gasteiger partial charge in [0.25, 0.3) is 17.7 Å². The number of nitrogens with zero attached hydrogens (tertiary/aromatic N) is 1. The number of nitrogens with one attached hydrogen (secondary N) is 2. The van der Waals surface area contributed by atoms with Gasteiger partial charge in [-0.05, 0) is 133 Å². The van der Waals surface area contributed by atoms with E-state index in [9.17, 15) is 28.8 Å². The molecular weight excluding hydrogens is 799 g/mol. The molecule has 0 spiro atoms. The molecular formula is C47H81N3O12. The molecule has 0 aromatic rings. The van der Waals surface area contributed by atoms with Crippen molar-refractivity contribution in [2.45, 2.75) is 170 Å². The predicted molar refractivity (Wildman–Crippen MR) is 240 cm³/mol. The highest BCUT2D eigenvalue weighted by Crippen LogP contribution is 2.43. The average Bonchev–Trinajstić information content (AvgIpc) is 3.15. The van der Waals surface area contributed by atoms with Crippen LogP contribution in [0.4, 0.5) is 0 Å². The Morgan fingerprint density at radius 2 is 0.984 bits per heavy atom. The van der Waals surface area contributed by atoms with E-state index in [4.69, 9.17) is 28.4 Å². The zero-order chi connectivity index (χ0) is 48.3. The maximum atomic E-state index is 12.9. The van der Waals surface area contributed by atoms with E-state index in [0.717, 1.165) is 6.42 Å². The first-order valence-electron chi connectivity index (χ1n) is 21.5. The second-order valence-electron chi connectivity index (χ2n) is 19.5. The van der Waals surface area contributed by atoms with Crippen molar-refractivity contribution in [3.05, 3.63) is 36.5 Å². The van der Waals surface area contributed by atoms with Gasteiger partial charge in [0.15, 0.2) is 19.8 Å². The van der Waals surface area contributed by atoms with E-state index in [1.807, 2.05) is 55.4 Å². The minimum absolute atomic E-state index is 0.208. The van der Waals surface area contributed by atoms with E-state index in [1.54, 1.807) is 11.9 Å². The summed E-state index contributed by atoms with van der Waals surface area (Å²) in [6, 6.07) is 0. The molecule has 2 unspecified atom stereocenters. The number of carbonyl (C=O) groups is 6. The molecule has 0 rings (SSSR count). The van der Waals surface area contributed by atoms with Gasteiger partial charge in [0.05, 0.1) is 17.8 Å². The fourth-order valence-electron chi connectivity index (χ4n) is 6.60. The average molecular weight is 880 g/mol. The van der Waals surface area contributed by atoms with Crippen molar-refractivity contribution in [1.82, 2.24) is 15.5 Å². The third-order valence-corrected chi connectivity index (χ3v) is 11.0. The highest BCUT2D eigenvalue weighted by Gasteiger charge is 2.43. The Kier molecular flexibility index (Phi) is 23.6. The molecule has 0 aliphatic carbocycles. The van der Waals surface area contributed by atoms with Gasteiger partial charge in [0, 0.05) is 60.2 Å². The van der Waals surface area contributed by atoms with Crippen LogP contribution in [0, 0.1) is 5.41 Å². The van der Waals surface area contributed by atoms with Crippen molar-refractivity contribution >= 4 is 35.6 Å². The highest BCUT2D eigenvalue weighted by molar-refractivity contribution is 5.90. The molecule has 2 atom stereocenters. The maximum Gasteiger partial charge on any atom is 0.333 e. The lowest BCUT2D eigenvalue weighted by molar-refractivity contribution is -0.151. The summed E-state index contributed by atoms with van der Waals surface area (Å²) in [6.07, 6.45) is 4.10. The number of hydrogen-bond acceptors (Lipinski definition) is 12. The van der Waals surface area contributed by atoms with E-state index in [2.05, 4.69) is 51.1 Å². The molecule has 356 valence electrons. The SMILES string of the molecule is C=C(C)C(=O)OCC(=O)NC(C)(C)CCOCC(CC)(CC(C)(C)OCCC(C)(C)N(C)C(=O)COC(=O)C(=C)C)CC(C)(CC)OCCC(C)(C)NC(=O)COC(=O)C(=C)C. The first-order chi connectivity index (χ1) is 28.3. The van der Waals surface area contributed by atoms with E-state index >= 15 is 0 Å². The molecule has 0 radical (unpaired) electrons. The van der Waals surface area contributed by atoms with Crippen LogP contribution < -0.4 is 10.6 Å². The third-order valence-electron chi connectivity index (χ3n) is 11.0. The van der Waals surface area contributed by atoms with E-state index in [1.165, 1.54) is 20.8 Å². The highest BCUT2D eigenvalue weighted by atomic mass is 16.5. The molecule has 15 heteroatoms. The van der Waals surface area contributed by atoms with Gasteiger partial charge in [-0.15, -0.1) is 0 Å². The van der Waals surface area contributed by atoms with Gasteiger partial charge < -0.3 is 44.0 Å². The summed E-state index contributed by atoms with van der Waals surface area (Å²) in [6.45, 7) is 37.1. The number of amides is 3. The Morgan fingerprint density at radius 3 is 1.40 bits per heavy atom. The van der Waals surface area contributed by atoms with Crippen LogP contribution in [0.3, 0.4) is 0 Å². The number of ether oxygens (including phenoxy) is 6. The molecule has 0 saturated carbocycles. The Labute approximate surface area is 372 Å². The standard InChI is InChI=1S/C47H81N3O12/c1-19-46(17,62-25-22-43(11,12)49-37(52)28-59-40(55)34(5)6)31-47(20-2,32-57-24-21-42(9,10)48-36(51)27-58-39(54)33(3)4)30-45(15,16)61-26-23-44(13,14)50(18)38(53)29-60-41(56)35(7)8/h3,5,7,19-32H2,1-2,4,6,8-18H3,(H,48,51)(H,49,52). The van der Waals surface area contributed by atoms with Crippen molar-refractivity contribution in [1.29, 1.82) is 0 Å². The molecule has 0 bridgehead atoms. The summed E-state index contributed by atoms with van der Waals surface area (Å²) in [5.41, 5.74) is -2.97. The maximum absolute atomic E-state index is 12.9. The van der Waals surface area contributed by atoms with E-state index < -0.39 is 76.2 Å². The zero-order valence-electron chi connectivity index (χ0n) is 40.9. The molecule has 0 aromatic carbocycles. The number of rotatable bonds is 31. The Balaban J connectivity index is 6.08. The largest absolute Gasteiger partial charge is 0.452 e. The van der Waals surface area contributed by atoms with Crippen LogP contribution in [0.5, 0.6) is 0 Å². The number of carbonyl (C=O) groups excluding carboxylic acids is 6. The lowest BCUT2D eigenvalue weighted by Crippen LogP contribution is -2.48. The number of esters is 3. The van der Waals surface area contributed by atoms with Gasteiger partial charge in [-0.3, -0.25) is 14.4 Å². The van der Waals surface area contributed by atoms with Gasteiger partial charge in [0.2, 0.25) is 0 Å². The molecule has 15 nitrogen and oxygen atoms in total. The second-order valence-corrected chi connectivity index (χ2v) is 19.5. The van der Waals surface area contributed by atoms with Crippen LogP contribution in [0.15, 0.2) is 36.5 Å². The minimum atomic E-state index is -0.660. The Bertz CT molecular complexity index is 1580.